The smallest absolute Gasteiger partial charge is 0.377 e. The molecule has 0 aliphatic rings. The molecule has 0 aliphatic carbocycles. The molecular formula is C24H44O7Si3. The zero-order valence-corrected chi connectivity index (χ0v) is 26.2. The topological polar surface area (TPSA) is 72.5 Å². The highest BCUT2D eigenvalue weighted by atomic mass is 28.4. The van der Waals surface area contributed by atoms with Crippen LogP contribution in [0.25, 0.3) is 5.76 Å². The number of ether oxygens (including phenoxy) is 4. The van der Waals surface area contributed by atoms with Gasteiger partial charge in [0.15, 0.2) is 22.4 Å². The summed E-state index contributed by atoms with van der Waals surface area (Å²) in [5, 5.41) is 0. The first-order chi connectivity index (χ1) is 15.6. The minimum Gasteiger partial charge on any atom is -0.496 e. The van der Waals surface area contributed by atoms with E-state index in [1.54, 1.807) is 7.11 Å². The summed E-state index contributed by atoms with van der Waals surface area (Å²) in [6.45, 7) is 18.9. The minimum absolute atomic E-state index is 0.0195. The van der Waals surface area contributed by atoms with Gasteiger partial charge in [-0.1, -0.05) is 26.0 Å². The van der Waals surface area contributed by atoms with Crippen molar-refractivity contribution in [3.8, 4) is 5.75 Å². The Morgan fingerprint density at radius 3 is 1.91 bits per heavy atom. The molecular weight excluding hydrogens is 485 g/mol. The summed E-state index contributed by atoms with van der Waals surface area (Å²) < 4.78 is 35.8. The third-order valence-corrected chi connectivity index (χ3v) is 13.2. The Labute approximate surface area is 209 Å². The molecule has 0 fully saturated rings. The van der Waals surface area contributed by atoms with Gasteiger partial charge in [0.25, 0.3) is 0 Å². The van der Waals surface area contributed by atoms with Gasteiger partial charge in [-0.2, -0.15) is 0 Å². The predicted octanol–water partition coefficient (Wildman–Crippen LogP) is 5.39. The molecule has 1 aromatic rings. The normalized spacial score (nSPS) is 14.1. The fourth-order valence-corrected chi connectivity index (χ4v) is 11.9. The van der Waals surface area contributed by atoms with Crippen LogP contribution in [-0.2, 0) is 27.2 Å². The average molecular weight is 529 g/mol. The number of hydrogen-bond acceptors (Lipinski definition) is 7. The van der Waals surface area contributed by atoms with Gasteiger partial charge in [-0.05, 0) is 70.2 Å². The highest BCUT2D eigenvalue weighted by Crippen LogP contribution is 2.32. The van der Waals surface area contributed by atoms with Crippen LogP contribution in [0.3, 0.4) is 0 Å². The minimum atomic E-state index is -2.36. The maximum absolute atomic E-state index is 13.5. The quantitative estimate of drug-likeness (QED) is 0.147. The predicted molar refractivity (Wildman–Crippen MR) is 144 cm³/mol. The van der Waals surface area contributed by atoms with E-state index in [-0.39, 0.29) is 17.4 Å². The zero-order chi connectivity index (χ0) is 26.3. The molecule has 0 saturated carbocycles. The van der Waals surface area contributed by atoms with E-state index in [0.29, 0.717) is 17.7 Å². The summed E-state index contributed by atoms with van der Waals surface area (Å²) in [6, 6.07) is 5.62. The van der Waals surface area contributed by atoms with Crippen LogP contribution in [0.5, 0.6) is 5.75 Å². The number of esters is 1. The molecule has 0 heterocycles. The summed E-state index contributed by atoms with van der Waals surface area (Å²) >= 11 is 0. The summed E-state index contributed by atoms with van der Waals surface area (Å²) in [6.07, 6.45) is 0.644. The molecule has 1 rings (SSSR count). The summed E-state index contributed by atoms with van der Waals surface area (Å²) in [5.41, 5.74) is 1.06. The second-order valence-electron chi connectivity index (χ2n) is 10.6. The molecule has 1 aromatic carbocycles. The first-order valence-corrected chi connectivity index (χ1v) is 20.1. The number of aryl methyl sites for hydroxylation is 1. The summed E-state index contributed by atoms with van der Waals surface area (Å²) in [4.78, 5) is 13.5. The lowest BCUT2D eigenvalue weighted by molar-refractivity contribution is -0.146. The first kappa shape index (κ1) is 30.4. The van der Waals surface area contributed by atoms with E-state index in [1.165, 1.54) is 14.2 Å². The molecule has 0 bridgehead atoms. The summed E-state index contributed by atoms with van der Waals surface area (Å²) in [5.74, 6) is 0.527. The van der Waals surface area contributed by atoms with Crippen LogP contribution in [0.1, 0.15) is 31.4 Å². The number of carbonyl (C=O) groups excluding carboxylic acids is 1. The van der Waals surface area contributed by atoms with Crippen molar-refractivity contribution >= 4 is 37.6 Å². The molecule has 0 aliphatic heterocycles. The summed E-state index contributed by atoms with van der Waals surface area (Å²) in [7, 11) is -1.73. The Kier molecular flexibility index (Phi) is 11.6. The van der Waals surface area contributed by atoms with Crippen LogP contribution in [-0.4, -0.2) is 58.9 Å². The third-order valence-electron chi connectivity index (χ3n) is 4.67. The van der Waals surface area contributed by atoms with Crippen molar-refractivity contribution in [3.05, 3.63) is 35.1 Å². The average Bonchev–Trinajstić information content (AvgIpc) is 2.68. The first-order valence-electron chi connectivity index (χ1n) is 11.7. The van der Waals surface area contributed by atoms with Crippen molar-refractivity contribution in [2.75, 3.05) is 21.3 Å². The molecule has 34 heavy (non-hydrogen) atoms. The van der Waals surface area contributed by atoms with Crippen molar-refractivity contribution in [1.82, 2.24) is 0 Å². The van der Waals surface area contributed by atoms with Crippen LogP contribution in [0, 0.1) is 12.8 Å². The van der Waals surface area contributed by atoms with Gasteiger partial charge in [-0.3, -0.25) is 0 Å². The molecule has 0 aromatic heterocycles. The van der Waals surface area contributed by atoms with E-state index in [1.807, 2.05) is 25.1 Å². The van der Waals surface area contributed by atoms with E-state index in [4.69, 9.17) is 27.2 Å². The second kappa shape index (κ2) is 12.9. The number of hydrogen-bond donors (Lipinski definition) is 0. The highest BCUT2D eigenvalue weighted by molar-refractivity contribution is 6.81. The molecule has 0 amide bonds. The van der Waals surface area contributed by atoms with E-state index in [9.17, 15) is 4.79 Å². The zero-order valence-electron chi connectivity index (χ0n) is 23.0. The standard InChI is InChI=1S/C24H44O7Si3/c1-17(2)16-20(32(30-33(7,8)9)31-34(10,11)12)29-24(25)23(28-6)22(27-5)19-15-13-14-18(3)21(19)26-4/h13-15,17,20,32H,16H2,1-12H3. The van der Waals surface area contributed by atoms with Crippen molar-refractivity contribution in [3.63, 3.8) is 0 Å². The van der Waals surface area contributed by atoms with Crippen molar-refractivity contribution in [2.24, 2.45) is 5.92 Å². The van der Waals surface area contributed by atoms with E-state index in [2.05, 4.69) is 53.1 Å². The molecule has 1 atom stereocenters. The lowest BCUT2D eigenvalue weighted by Crippen LogP contribution is -2.51. The molecule has 1 unspecified atom stereocenters. The number of carbonyl (C=O) groups is 1. The number of benzene rings is 1. The van der Waals surface area contributed by atoms with Crippen LogP contribution in [0.2, 0.25) is 39.3 Å². The van der Waals surface area contributed by atoms with Crippen molar-refractivity contribution < 1.29 is 32.0 Å². The van der Waals surface area contributed by atoms with E-state index >= 15 is 0 Å². The number of methoxy groups -OCH3 is 3. The molecule has 0 radical (unpaired) electrons. The second-order valence-corrected chi connectivity index (χ2v) is 22.4. The van der Waals surface area contributed by atoms with E-state index in [0.717, 1.165) is 5.56 Å². The fraction of sp³-hybridized carbons (Fsp3) is 0.625. The van der Waals surface area contributed by atoms with Gasteiger partial charge in [-0.15, -0.1) is 0 Å². The lowest BCUT2D eigenvalue weighted by Gasteiger charge is -2.35. The largest absolute Gasteiger partial charge is 0.496 e. The van der Waals surface area contributed by atoms with Gasteiger partial charge in [0.2, 0.25) is 5.76 Å². The lowest BCUT2D eigenvalue weighted by atomic mass is 10.1. The Morgan fingerprint density at radius 2 is 1.50 bits per heavy atom. The molecule has 10 heteroatoms. The van der Waals surface area contributed by atoms with Gasteiger partial charge in [0.05, 0.1) is 26.9 Å². The fourth-order valence-electron chi connectivity index (χ4n) is 3.44. The van der Waals surface area contributed by atoms with Gasteiger partial charge in [0.1, 0.15) is 11.5 Å². The Morgan fingerprint density at radius 1 is 0.941 bits per heavy atom. The Bertz CT molecular complexity index is 826. The molecule has 0 spiro atoms. The van der Waals surface area contributed by atoms with E-state index < -0.39 is 37.6 Å². The maximum atomic E-state index is 13.5. The molecule has 0 saturated heterocycles. The molecule has 0 N–H and O–H groups in total. The highest BCUT2D eigenvalue weighted by Gasteiger charge is 2.39. The molecule has 7 nitrogen and oxygen atoms in total. The van der Waals surface area contributed by atoms with Crippen LogP contribution < -0.4 is 4.74 Å². The van der Waals surface area contributed by atoms with Gasteiger partial charge >= 0.3 is 15.3 Å². The Balaban J connectivity index is 3.47. The SMILES string of the molecule is COC(C(=O)OC(CC(C)C)[SiH](O[Si](C)(C)C)O[Si](C)(C)C)=C(OC)c1cccc(C)c1OC. The number of para-hydroxylation sites is 1. The van der Waals surface area contributed by atoms with Crippen LogP contribution in [0.4, 0.5) is 0 Å². The Hall–Kier alpha value is -1.60. The number of rotatable bonds is 13. The van der Waals surface area contributed by atoms with Gasteiger partial charge < -0.3 is 27.2 Å². The van der Waals surface area contributed by atoms with Gasteiger partial charge in [0, 0.05) is 0 Å². The third kappa shape index (κ3) is 9.57. The van der Waals surface area contributed by atoms with Gasteiger partial charge in [-0.25, -0.2) is 4.79 Å². The monoisotopic (exact) mass is 528 g/mol. The van der Waals surface area contributed by atoms with Crippen molar-refractivity contribution in [2.45, 2.75) is 72.2 Å². The van der Waals surface area contributed by atoms with Crippen LogP contribution >= 0.6 is 0 Å². The van der Waals surface area contributed by atoms with Crippen molar-refractivity contribution in [1.29, 1.82) is 0 Å². The van der Waals surface area contributed by atoms with Crippen LogP contribution in [0.15, 0.2) is 24.0 Å². The maximum Gasteiger partial charge on any atom is 0.377 e. The molecule has 194 valence electrons.